The van der Waals surface area contributed by atoms with Crippen LogP contribution >= 0.6 is 22.7 Å². The van der Waals surface area contributed by atoms with Gasteiger partial charge in [-0.3, -0.25) is 0 Å². The summed E-state index contributed by atoms with van der Waals surface area (Å²) in [7, 11) is 0. The Balaban J connectivity index is 0.804. The van der Waals surface area contributed by atoms with Gasteiger partial charge in [0.2, 0.25) is 0 Å². The van der Waals surface area contributed by atoms with E-state index >= 15 is 0 Å². The third-order valence-corrected chi connectivity index (χ3v) is 17.7. The lowest BCUT2D eigenvalue weighted by atomic mass is 9.87. The van der Waals surface area contributed by atoms with Crippen molar-refractivity contribution in [3.63, 3.8) is 0 Å². The molecule has 0 aliphatic carbocycles. The highest BCUT2D eigenvalue weighted by Gasteiger charge is 2.19. The molecule has 322 valence electrons. The van der Waals surface area contributed by atoms with E-state index < -0.39 is 0 Å². The standard InChI is InChI=1S/C68H38S2/c1-3-7-39(8-4-1)49-23-11-41-17-29-55-51(25-13-43-15-27-53(49)65(41)67(43)55)47-21-33-63-59(37-47)57-35-45(19-31-61(57)69-63)46-20-32-62-58(36-46)60-38-48(22-34-64(60)70-62)52-26-14-44-16-28-54-50(40-9-5-2-6-10-40)24-12-42-18-30-56(52)68(44)66(42)54/h1-38H. The Bertz CT molecular complexity index is 4500. The summed E-state index contributed by atoms with van der Waals surface area (Å²) in [5.74, 6) is 0. The van der Waals surface area contributed by atoms with Crippen molar-refractivity contribution in [2.75, 3.05) is 0 Å². The summed E-state index contributed by atoms with van der Waals surface area (Å²) in [4.78, 5) is 0. The molecule has 0 radical (unpaired) electrons. The lowest BCUT2D eigenvalue weighted by Crippen LogP contribution is -1.89. The Morgan fingerprint density at radius 2 is 0.457 bits per heavy atom. The Kier molecular flexibility index (Phi) is 8.02. The summed E-state index contributed by atoms with van der Waals surface area (Å²) in [5.41, 5.74) is 12.6. The molecular weight excluding hydrogens is 881 g/mol. The van der Waals surface area contributed by atoms with Gasteiger partial charge in [0.25, 0.3) is 0 Å². The molecule has 0 unspecified atom stereocenters. The highest BCUT2D eigenvalue weighted by molar-refractivity contribution is 7.26. The van der Waals surface area contributed by atoms with E-state index in [4.69, 9.17) is 0 Å². The molecule has 0 bridgehead atoms. The monoisotopic (exact) mass is 918 g/mol. The molecule has 2 aromatic heterocycles. The van der Waals surface area contributed by atoms with E-state index in [0.29, 0.717) is 0 Å². The van der Waals surface area contributed by atoms with Crippen LogP contribution in [-0.2, 0) is 0 Å². The first-order chi connectivity index (χ1) is 34.7. The number of rotatable bonds is 5. The Morgan fingerprint density at radius 1 is 0.186 bits per heavy atom. The molecule has 0 amide bonds. The third kappa shape index (κ3) is 5.58. The molecule has 16 rings (SSSR count). The molecule has 0 fully saturated rings. The predicted octanol–water partition coefficient (Wildman–Crippen LogP) is 20.6. The van der Waals surface area contributed by atoms with Gasteiger partial charge in [-0.25, -0.2) is 0 Å². The van der Waals surface area contributed by atoms with Crippen LogP contribution in [0.4, 0.5) is 0 Å². The van der Waals surface area contributed by atoms with E-state index in [1.165, 1.54) is 161 Å². The van der Waals surface area contributed by atoms with E-state index in [1.807, 2.05) is 22.7 Å². The average molecular weight is 919 g/mol. The van der Waals surface area contributed by atoms with Gasteiger partial charge in [0.05, 0.1) is 0 Å². The zero-order valence-corrected chi connectivity index (χ0v) is 39.4. The number of hydrogen-bond acceptors (Lipinski definition) is 2. The van der Waals surface area contributed by atoms with E-state index in [2.05, 4.69) is 231 Å². The average Bonchev–Trinajstić information content (AvgIpc) is 3.99. The van der Waals surface area contributed by atoms with E-state index in [1.54, 1.807) is 0 Å². The SMILES string of the molecule is c1ccc(-c2ccc3ccc4c(-c5ccc6sc7ccc(-c8ccc9sc%10ccc(-c%11ccc%12ccc%13c(-c%14ccccc%14)ccc%14ccc%11c%12c%14%13)cc%10c9c8)cc7c6c5)ccc5ccc2c3c54)cc1. The van der Waals surface area contributed by atoms with Gasteiger partial charge < -0.3 is 0 Å². The number of fused-ring (bicyclic) bond motifs is 6. The van der Waals surface area contributed by atoms with Gasteiger partial charge in [-0.2, -0.15) is 0 Å². The molecule has 0 saturated heterocycles. The van der Waals surface area contributed by atoms with Crippen LogP contribution in [0.2, 0.25) is 0 Å². The van der Waals surface area contributed by atoms with Gasteiger partial charge in [-0.15, -0.1) is 22.7 Å². The largest absolute Gasteiger partial charge is 0.135 e. The highest BCUT2D eigenvalue weighted by atomic mass is 32.1. The Morgan fingerprint density at radius 3 is 0.786 bits per heavy atom. The maximum absolute atomic E-state index is 2.44. The van der Waals surface area contributed by atoms with Gasteiger partial charge in [0.1, 0.15) is 0 Å². The molecule has 14 aromatic carbocycles. The van der Waals surface area contributed by atoms with Crippen molar-refractivity contribution in [2.45, 2.75) is 0 Å². The minimum absolute atomic E-state index is 1.24. The summed E-state index contributed by atoms with van der Waals surface area (Å²) < 4.78 is 5.26. The molecule has 0 atom stereocenters. The minimum atomic E-state index is 1.24. The maximum atomic E-state index is 2.44. The first kappa shape index (κ1) is 38.6. The molecule has 2 heteroatoms. The first-order valence-electron chi connectivity index (χ1n) is 24.1. The molecule has 16 aromatic rings. The second-order valence-corrected chi connectivity index (χ2v) is 21.2. The third-order valence-electron chi connectivity index (χ3n) is 15.4. The maximum Gasteiger partial charge on any atom is 0.0355 e. The number of benzene rings is 14. The second-order valence-electron chi connectivity index (χ2n) is 19.1. The van der Waals surface area contributed by atoms with Crippen LogP contribution in [0, 0.1) is 0 Å². The van der Waals surface area contributed by atoms with E-state index in [0.717, 1.165) is 0 Å². The fraction of sp³-hybridized carbons (Fsp3) is 0. The fourth-order valence-corrected chi connectivity index (χ4v) is 14.2. The predicted molar refractivity (Wildman–Crippen MR) is 307 cm³/mol. The summed E-state index contributed by atoms with van der Waals surface area (Å²) in [5, 5.41) is 21.0. The smallest absolute Gasteiger partial charge is 0.0355 e. The molecule has 0 N–H and O–H groups in total. The van der Waals surface area contributed by atoms with Crippen molar-refractivity contribution < 1.29 is 0 Å². The molecule has 0 nitrogen and oxygen atoms in total. The molecule has 2 heterocycles. The van der Waals surface area contributed by atoms with Crippen molar-refractivity contribution in [3.8, 4) is 55.6 Å². The first-order valence-corrected chi connectivity index (χ1v) is 25.8. The van der Waals surface area contributed by atoms with Crippen LogP contribution in [0.15, 0.2) is 231 Å². The Hall–Kier alpha value is -8.40. The van der Waals surface area contributed by atoms with Gasteiger partial charge >= 0.3 is 0 Å². The summed E-state index contributed by atoms with van der Waals surface area (Å²) >= 11 is 3.78. The normalized spacial score (nSPS) is 12.3. The quantitative estimate of drug-likeness (QED) is 0.151. The number of hydrogen-bond donors (Lipinski definition) is 0. The van der Waals surface area contributed by atoms with Gasteiger partial charge in [0, 0.05) is 40.3 Å². The minimum Gasteiger partial charge on any atom is -0.135 e. The van der Waals surface area contributed by atoms with E-state index in [-0.39, 0.29) is 0 Å². The number of thiophene rings is 2. The second kappa shape index (κ2) is 14.6. The van der Waals surface area contributed by atoms with Crippen molar-refractivity contribution in [3.05, 3.63) is 231 Å². The van der Waals surface area contributed by atoms with Crippen LogP contribution in [0.25, 0.3) is 161 Å². The molecule has 0 saturated carbocycles. The van der Waals surface area contributed by atoms with Gasteiger partial charge in [-0.1, -0.05) is 182 Å². The zero-order chi connectivity index (χ0) is 45.6. The van der Waals surface area contributed by atoms with Crippen LogP contribution in [-0.4, -0.2) is 0 Å². The highest BCUT2D eigenvalue weighted by Crippen LogP contribution is 2.47. The topological polar surface area (TPSA) is 0 Å². The van der Waals surface area contributed by atoms with Crippen LogP contribution in [0.5, 0.6) is 0 Å². The Labute approximate surface area is 411 Å². The van der Waals surface area contributed by atoms with Crippen LogP contribution < -0.4 is 0 Å². The fourth-order valence-electron chi connectivity index (χ4n) is 12.1. The molecule has 0 aliphatic heterocycles. The van der Waals surface area contributed by atoms with Crippen molar-refractivity contribution in [1.29, 1.82) is 0 Å². The van der Waals surface area contributed by atoms with Crippen molar-refractivity contribution in [2.24, 2.45) is 0 Å². The molecule has 70 heavy (non-hydrogen) atoms. The van der Waals surface area contributed by atoms with Gasteiger partial charge in [-0.05, 0) is 169 Å². The lowest BCUT2D eigenvalue weighted by molar-refractivity contribution is 1.66. The van der Waals surface area contributed by atoms with Crippen molar-refractivity contribution >= 4 is 128 Å². The summed E-state index contributed by atoms with van der Waals surface area (Å²) in [6, 6.07) is 87.0. The van der Waals surface area contributed by atoms with Crippen LogP contribution in [0.3, 0.4) is 0 Å². The molecular formula is C68H38S2. The molecule has 0 aliphatic rings. The van der Waals surface area contributed by atoms with E-state index in [9.17, 15) is 0 Å². The zero-order valence-electron chi connectivity index (χ0n) is 37.8. The summed E-state index contributed by atoms with van der Waals surface area (Å²) in [6.07, 6.45) is 0. The van der Waals surface area contributed by atoms with Crippen LogP contribution in [0.1, 0.15) is 0 Å². The molecule has 0 spiro atoms. The lowest BCUT2D eigenvalue weighted by Gasteiger charge is -2.16. The van der Waals surface area contributed by atoms with Gasteiger partial charge in [0.15, 0.2) is 0 Å². The van der Waals surface area contributed by atoms with Crippen molar-refractivity contribution in [1.82, 2.24) is 0 Å². The summed E-state index contributed by atoms with van der Waals surface area (Å²) in [6.45, 7) is 0.